The molecule has 12 heteroatoms. The summed E-state index contributed by atoms with van der Waals surface area (Å²) in [6, 6.07) is 6.26. The molecule has 1 aromatic heterocycles. The molecule has 11 nitrogen and oxygen atoms in total. The average Bonchev–Trinajstić information content (AvgIpc) is 3.46. The van der Waals surface area contributed by atoms with Crippen LogP contribution in [-0.4, -0.2) is 59.5 Å². The molecule has 2 aromatic carbocycles. The lowest BCUT2D eigenvalue weighted by molar-refractivity contribution is 0.0924. The normalized spacial score (nSPS) is 11.4. The molecule has 0 unspecified atom stereocenters. The number of nitrogens with zero attached hydrogens (tertiary/aromatic N) is 1. The first kappa shape index (κ1) is 30.4. The summed E-state index contributed by atoms with van der Waals surface area (Å²) in [7, 11) is 9.05. The van der Waals surface area contributed by atoms with Crippen LogP contribution in [0.2, 0.25) is 0 Å². The Bertz CT molecular complexity index is 1290. The van der Waals surface area contributed by atoms with E-state index in [9.17, 15) is 9.59 Å². The molecule has 2 amide bonds. The van der Waals surface area contributed by atoms with Gasteiger partial charge in [-0.1, -0.05) is 13.8 Å². The molecule has 0 saturated heterocycles. The van der Waals surface area contributed by atoms with Gasteiger partial charge in [-0.25, -0.2) is 4.98 Å². The lowest BCUT2D eigenvalue weighted by atomic mass is 10.0. The lowest BCUT2D eigenvalue weighted by Crippen LogP contribution is -2.32. The largest absolute Gasteiger partial charge is 0.493 e. The van der Waals surface area contributed by atoms with E-state index in [4.69, 9.17) is 28.4 Å². The zero-order chi connectivity index (χ0) is 29.4. The molecule has 0 aliphatic rings. The monoisotopic (exact) mass is 573 g/mol. The maximum atomic E-state index is 13.2. The molecule has 0 saturated carbocycles. The van der Waals surface area contributed by atoms with E-state index in [-0.39, 0.29) is 30.0 Å². The first-order valence-electron chi connectivity index (χ1n) is 12.3. The van der Waals surface area contributed by atoms with Gasteiger partial charge in [0.15, 0.2) is 23.0 Å². The Labute approximate surface area is 237 Å². The van der Waals surface area contributed by atoms with Crippen LogP contribution in [-0.2, 0) is 6.54 Å². The molecule has 216 valence electrons. The average molecular weight is 574 g/mol. The fourth-order valence-corrected chi connectivity index (χ4v) is 5.02. The van der Waals surface area contributed by atoms with Crippen LogP contribution in [0.1, 0.15) is 51.3 Å². The van der Waals surface area contributed by atoms with Crippen LogP contribution in [0.5, 0.6) is 34.5 Å². The fourth-order valence-electron chi connectivity index (χ4n) is 4.00. The second-order valence-corrected chi connectivity index (χ2v) is 9.79. The van der Waals surface area contributed by atoms with Crippen LogP contribution in [0.25, 0.3) is 0 Å². The van der Waals surface area contributed by atoms with E-state index in [0.29, 0.717) is 45.1 Å². The second kappa shape index (κ2) is 13.7. The van der Waals surface area contributed by atoms with Crippen LogP contribution in [0, 0.1) is 5.92 Å². The van der Waals surface area contributed by atoms with Gasteiger partial charge in [0, 0.05) is 17.5 Å². The van der Waals surface area contributed by atoms with E-state index < -0.39 is 6.04 Å². The molecule has 0 radical (unpaired) electrons. The quantitative estimate of drug-likeness (QED) is 0.309. The summed E-state index contributed by atoms with van der Waals surface area (Å²) in [6.07, 6.45) is 0. The van der Waals surface area contributed by atoms with Crippen molar-refractivity contribution in [3.05, 3.63) is 51.5 Å². The van der Waals surface area contributed by atoms with E-state index in [1.165, 1.54) is 54.0 Å². The van der Waals surface area contributed by atoms with E-state index in [0.717, 1.165) is 5.56 Å². The highest BCUT2D eigenvalue weighted by atomic mass is 32.1. The van der Waals surface area contributed by atoms with Gasteiger partial charge in [-0.3, -0.25) is 9.59 Å². The molecule has 0 fully saturated rings. The third-order valence-corrected chi connectivity index (χ3v) is 7.01. The topological polar surface area (TPSA) is 126 Å². The third kappa shape index (κ3) is 6.68. The maximum Gasteiger partial charge on any atom is 0.271 e. The Morgan fingerprint density at radius 3 is 1.73 bits per heavy atom. The minimum Gasteiger partial charge on any atom is -0.493 e. The summed E-state index contributed by atoms with van der Waals surface area (Å²) < 4.78 is 32.2. The van der Waals surface area contributed by atoms with Gasteiger partial charge in [-0.05, 0) is 35.7 Å². The standard InChI is InChI=1S/C28H35N3O8S/c1-15(2)23(31-26(32)17-11-21(36-5)25(39-8)22(12-17)37-6)28-30-18(14-40-28)27(33)29-13-16-9-19(34-3)24(38-7)20(10-16)35-4/h9-12,14-15,23H,13H2,1-8H3,(H,29,33)(H,31,32)/t23-/m0/s1. The van der Waals surface area contributed by atoms with Crippen molar-refractivity contribution >= 4 is 23.2 Å². The Balaban J connectivity index is 1.76. The van der Waals surface area contributed by atoms with Gasteiger partial charge in [-0.2, -0.15) is 0 Å². The molecule has 40 heavy (non-hydrogen) atoms. The fraction of sp³-hybridized carbons (Fsp3) is 0.393. The number of carbonyl (C=O) groups is 2. The van der Waals surface area contributed by atoms with Gasteiger partial charge < -0.3 is 39.1 Å². The molecule has 0 bridgehead atoms. The number of thiazole rings is 1. The summed E-state index contributed by atoms with van der Waals surface area (Å²) in [5, 5.41) is 8.16. The third-order valence-electron chi connectivity index (χ3n) is 6.08. The van der Waals surface area contributed by atoms with Crippen molar-refractivity contribution in [1.82, 2.24) is 15.6 Å². The minimum atomic E-state index is -0.437. The Morgan fingerprint density at radius 2 is 1.27 bits per heavy atom. The summed E-state index contributed by atoms with van der Waals surface area (Å²) in [5.74, 6) is 1.88. The van der Waals surface area contributed by atoms with Gasteiger partial charge in [0.05, 0.1) is 48.7 Å². The number of benzene rings is 2. The van der Waals surface area contributed by atoms with Gasteiger partial charge >= 0.3 is 0 Å². The van der Waals surface area contributed by atoms with Crippen LogP contribution >= 0.6 is 11.3 Å². The number of aromatic nitrogens is 1. The van der Waals surface area contributed by atoms with Crippen molar-refractivity contribution in [2.75, 3.05) is 42.7 Å². The number of hydrogen-bond donors (Lipinski definition) is 2. The first-order valence-corrected chi connectivity index (χ1v) is 13.2. The van der Waals surface area contributed by atoms with E-state index >= 15 is 0 Å². The summed E-state index contributed by atoms with van der Waals surface area (Å²) in [6.45, 7) is 4.14. The van der Waals surface area contributed by atoms with Crippen LogP contribution in [0.15, 0.2) is 29.6 Å². The minimum absolute atomic E-state index is 0.00715. The zero-order valence-corrected chi connectivity index (χ0v) is 24.7. The van der Waals surface area contributed by atoms with Crippen LogP contribution in [0.4, 0.5) is 0 Å². The Kier molecular flexibility index (Phi) is 10.4. The molecular weight excluding hydrogens is 538 g/mol. The highest BCUT2D eigenvalue weighted by Gasteiger charge is 2.25. The van der Waals surface area contributed by atoms with Crippen molar-refractivity contribution in [2.45, 2.75) is 26.4 Å². The smallest absolute Gasteiger partial charge is 0.271 e. The van der Waals surface area contributed by atoms with Gasteiger partial charge in [-0.15, -0.1) is 11.3 Å². The van der Waals surface area contributed by atoms with Crippen LogP contribution < -0.4 is 39.1 Å². The molecule has 3 rings (SSSR count). The predicted octanol–water partition coefficient (Wildman–Crippen LogP) is 4.25. The highest BCUT2D eigenvalue weighted by molar-refractivity contribution is 7.09. The van der Waals surface area contributed by atoms with E-state index in [1.807, 2.05) is 13.8 Å². The zero-order valence-electron chi connectivity index (χ0n) is 23.9. The highest BCUT2D eigenvalue weighted by Crippen LogP contribution is 2.39. The molecule has 1 atom stereocenters. The van der Waals surface area contributed by atoms with Gasteiger partial charge in [0.2, 0.25) is 11.5 Å². The number of amides is 2. The number of methoxy groups -OCH3 is 6. The molecule has 0 aliphatic carbocycles. The molecule has 2 N–H and O–H groups in total. The maximum absolute atomic E-state index is 13.2. The van der Waals surface area contributed by atoms with Crippen molar-refractivity contribution < 1.29 is 38.0 Å². The lowest BCUT2D eigenvalue weighted by Gasteiger charge is -2.21. The molecule has 0 aliphatic heterocycles. The van der Waals surface area contributed by atoms with E-state index in [1.54, 1.807) is 29.6 Å². The van der Waals surface area contributed by atoms with Gasteiger partial charge in [0.1, 0.15) is 10.7 Å². The molecule has 0 spiro atoms. The van der Waals surface area contributed by atoms with Crippen molar-refractivity contribution in [3.63, 3.8) is 0 Å². The summed E-state index contributed by atoms with van der Waals surface area (Å²) in [4.78, 5) is 30.7. The van der Waals surface area contributed by atoms with E-state index in [2.05, 4.69) is 15.6 Å². The van der Waals surface area contributed by atoms with Crippen molar-refractivity contribution in [1.29, 1.82) is 0 Å². The summed E-state index contributed by atoms with van der Waals surface area (Å²) in [5.41, 5.74) is 1.34. The van der Waals surface area contributed by atoms with Crippen molar-refractivity contribution in [3.8, 4) is 34.5 Å². The number of hydrogen-bond acceptors (Lipinski definition) is 10. The predicted molar refractivity (Wildman–Crippen MR) is 151 cm³/mol. The van der Waals surface area contributed by atoms with Crippen molar-refractivity contribution in [2.24, 2.45) is 5.92 Å². The molecule has 3 aromatic rings. The van der Waals surface area contributed by atoms with Crippen LogP contribution in [0.3, 0.4) is 0 Å². The second-order valence-electron chi connectivity index (χ2n) is 8.90. The summed E-state index contributed by atoms with van der Waals surface area (Å²) >= 11 is 1.30. The number of carbonyl (C=O) groups excluding carboxylic acids is 2. The number of rotatable bonds is 13. The van der Waals surface area contributed by atoms with Gasteiger partial charge in [0.25, 0.3) is 11.8 Å². The molecular formula is C28H35N3O8S. The Morgan fingerprint density at radius 1 is 0.775 bits per heavy atom. The SMILES string of the molecule is COc1cc(CNC(=O)c2csc([C@@H](NC(=O)c3cc(OC)c(OC)c(OC)c3)C(C)C)n2)cc(OC)c1OC. The number of nitrogens with one attached hydrogen (secondary N) is 2. The first-order chi connectivity index (χ1) is 19.2. The number of ether oxygens (including phenoxy) is 6. The molecule has 1 heterocycles. The Hall–Kier alpha value is -4.19.